The van der Waals surface area contributed by atoms with E-state index in [2.05, 4.69) is 30.3 Å². The average Bonchev–Trinajstić information content (AvgIpc) is 2.37. The van der Waals surface area contributed by atoms with Gasteiger partial charge in [-0.05, 0) is 24.1 Å². The molecule has 1 N–H and O–H groups in total. The van der Waals surface area contributed by atoms with Crippen LogP contribution in [0.5, 0.6) is 5.75 Å². The van der Waals surface area contributed by atoms with E-state index in [4.69, 9.17) is 11.2 Å². The first-order valence-electron chi connectivity index (χ1n) is 6.22. The highest BCUT2D eigenvalue weighted by Gasteiger charge is 1.95. The molecule has 0 saturated heterocycles. The molecule has 2 nitrogen and oxygen atoms in total. The molecule has 0 saturated carbocycles. The Morgan fingerprint density at radius 3 is 2.71 bits per heavy atom. The van der Waals surface area contributed by atoms with Gasteiger partial charge in [-0.1, -0.05) is 25.5 Å². The van der Waals surface area contributed by atoms with Crippen molar-refractivity contribution in [2.75, 3.05) is 13.2 Å². The zero-order valence-electron chi connectivity index (χ0n) is 10.5. The van der Waals surface area contributed by atoms with Crippen LogP contribution in [0.15, 0.2) is 24.3 Å². The largest absolute Gasteiger partial charge is 0.494 e. The molecular formula is C15H21NO. The van der Waals surface area contributed by atoms with Crippen LogP contribution in [-0.4, -0.2) is 13.2 Å². The monoisotopic (exact) mass is 231 g/mol. The highest BCUT2D eigenvalue weighted by molar-refractivity contribution is 5.27. The summed E-state index contributed by atoms with van der Waals surface area (Å²) < 4.78 is 5.60. The minimum Gasteiger partial charge on any atom is -0.494 e. The van der Waals surface area contributed by atoms with E-state index in [9.17, 15) is 0 Å². The van der Waals surface area contributed by atoms with E-state index in [1.54, 1.807) is 0 Å². The van der Waals surface area contributed by atoms with Gasteiger partial charge in [-0.25, -0.2) is 0 Å². The second-order valence-electron chi connectivity index (χ2n) is 3.98. The van der Waals surface area contributed by atoms with E-state index in [0.29, 0.717) is 0 Å². The van der Waals surface area contributed by atoms with Crippen molar-refractivity contribution in [3.63, 3.8) is 0 Å². The average molecular weight is 231 g/mol. The summed E-state index contributed by atoms with van der Waals surface area (Å²) in [7, 11) is 0. The summed E-state index contributed by atoms with van der Waals surface area (Å²) in [4.78, 5) is 0. The minimum absolute atomic E-state index is 0.776. The van der Waals surface area contributed by atoms with Crippen molar-refractivity contribution in [2.45, 2.75) is 32.7 Å². The topological polar surface area (TPSA) is 21.3 Å². The van der Waals surface area contributed by atoms with Gasteiger partial charge in [0.15, 0.2) is 0 Å². The first-order chi connectivity index (χ1) is 8.36. The number of nitrogens with one attached hydrogen (secondary N) is 1. The van der Waals surface area contributed by atoms with Crippen molar-refractivity contribution >= 4 is 0 Å². The Hall–Kier alpha value is -1.46. The van der Waals surface area contributed by atoms with Crippen LogP contribution in [0.3, 0.4) is 0 Å². The number of hydrogen-bond acceptors (Lipinski definition) is 2. The molecule has 1 rings (SSSR count). The summed E-state index contributed by atoms with van der Waals surface area (Å²) in [5.41, 5.74) is 1.25. The number of rotatable bonds is 8. The van der Waals surface area contributed by atoms with Crippen molar-refractivity contribution < 1.29 is 4.74 Å². The molecule has 0 aromatic heterocycles. The molecule has 0 atom stereocenters. The molecule has 0 bridgehead atoms. The lowest BCUT2D eigenvalue weighted by atomic mass is 10.2. The lowest BCUT2D eigenvalue weighted by Gasteiger charge is -2.07. The van der Waals surface area contributed by atoms with Gasteiger partial charge in [0.2, 0.25) is 0 Å². The van der Waals surface area contributed by atoms with Gasteiger partial charge in [0.25, 0.3) is 0 Å². The maximum Gasteiger partial charge on any atom is 0.119 e. The first kappa shape index (κ1) is 13.6. The first-order valence-corrected chi connectivity index (χ1v) is 6.22. The summed E-state index contributed by atoms with van der Waals surface area (Å²) in [5.74, 6) is 3.56. The molecule has 0 aliphatic heterocycles. The number of ether oxygens (including phenoxy) is 1. The van der Waals surface area contributed by atoms with Crippen molar-refractivity contribution in [1.82, 2.24) is 5.32 Å². The van der Waals surface area contributed by atoms with E-state index in [0.717, 1.165) is 44.7 Å². The molecule has 1 aromatic carbocycles. The van der Waals surface area contributed by atoms with Gasteiger partial charge in [-0.15, -0.1) is 12.3 Å². The van der Waals surface area contributed by atoms with Crippen LogP contribution in [0.2, 0.25) is 0 Å². The smallest absolute Gasteiger partial charge is 0.119 e. The van der Waals surface area contributed by atoms with Crippen LogP contribution in [-0.2, 0) is 6.54 Å². The van der Waals surface area contributed by atoms with Crippen LogP contribution in [0, 0.1) is 12.3 Å². The van der Waals surface area contributed by atoms with E-state index in [-0.39, 0.29) is 0 Å². The van der Waals surface area contributed by atoms with Crippen LogP contribution in [0.1, 0.15) is 31.7 Å². The fourth-order valence-electron chi connectivity index (χ4n) is 1.43. The number of benzene rings is 1. The summed E-state index contributed by atoms with van der Waals surface area (Å²) in [6.45, 7) is 4.69. The molecule has 0 heterocycles. The Bertz CT molecular complexity index is 337. The lowest BCUT2D eigenvalue weighted by Crippen LogP contribution is -2.13. The molecule has 0 unspecified atom stereocenters. The third-order valence-electron chi connectivity index (χ3n) is 2.47. The summed E-state index contributed by atoms with van der Waals surface area (Å²) in [6, 6.07) is 8.22. The van der Waals surface area contributed by atoms with Gasteiger partial charge >= 0.3 is 0 Å². The maximum absolute atomic E-state index is 5.60. The van der Waals surface area contributed by atoms with Crippen LogP contribution in [0.25, 0.3) is 0 Å². The van der Waals surface area contributed by atoms with E-state index >= 15 is 0 Å². The summed E-state index contributed by atoms with van der Waals surface area (Å²) >= 11 is 0. The van der Waals surface area contributed by atoms with Crippen LogP contribution >= 0.6 is 0 Å². The SMILES string of the molecule is C#CCCNCc1ccc(OCCCC)cc1. The van der Waals surface area contributed by atoms with E-state index in [1.165, 1.54) is 5.56 Å². The highest BCUT2D eigenvalue weighted by Crippen LogP contribution is 2.12. The molecule has 1 aromatic rings. The molecule has 0 aliphatic carbocycles. The van der Waals surface area contributed by atoms with Gasteiger partial charge in [0.05, 0.1) is 6.61 Å². The minimum atomic E-state index is 0.776. The Morgan fingerprint density at radius 2 is 2.06 bits per heavy atom. The molecule has 2 heteroatoms. The molecule has 17 heavy (non-hydrogen) atoms. The van der Waals surface area contributed by atoms with E-state index in [1.807, 2.05) is 12.1 Å². The Labute approximate surface area is 104 Å². The van der Waals surface area contributed by atoms with Crippen LogP contribution in [0.4, 0.5) is 0 Å². The van der Waals surface area contributed by atoms with Crippen molar-refractivity contribution in [3.8, 4) is 18.1 Å². The molecular weight excluding hydrogens is 210 g/mol. The van der Waals surface area contributed by atoms with Gasteiger partial charge in [0, 0.05) is 19.5 Å². The van der Waals surface area contributed by atoms with E-state index < -0.39 is 0 Å². The highest BCUT2D eigenvalue weighted by atomic mass is 16.5. The fourth-order valence-corrected chi connectivity index (χ4v) is 1.43. The number of unbranched alkanes of at least 4 members (excludes halogenated alkanes) is 1. The van der Waals surface area contributed by atoms with Gasteiger partial charge in [-0.2, -0.15) is 0 Å². The zero-order valence-corrected chi connectivity index (χ0v) is 10.5. The molecule has 0 spiro atoms. The Kier molecular flexibility index (Phi) is 6.93. The molecule has 92 valence electrons. The Morgan fingerprint density at radius 1 is 1.29 bits per heavy atom. The third-order valence-corrected chi connectivity index (χ3v) is 2.47. The maximum atomic E-state index is 5.60. The second kappa shape index (κ2) is 8.66. The van der Waals surface area contributed by atoms with Crippen molar-refractivity contribution in [3.05, 3.63) is 29.8 Å². The number of hydrogen-bond donors (Lipinski definition) is 1. The molecule has 0 fully saturated rings. The summed E-state index contributed by atoms with van der Waals surface area (Å²) in [6.07, 6.45) is 8.23. The molecule has 0 radical (unpaired) electrons. The van der Waals surface area contributed by atoms with Crippen LogP contribution < -0.4 is 10.1 Å². The third kappa shape index (κ3) is 5.99. The van der Waals surface area contributed by atoms with Gasteiger partial charge in [-0.3, -0.25) is 0 Å². The zero-order chi connectivity index (χ0) is 12.3. The van der Waals surface area contributed by atoms with Crippen molar-refractivity contribution in [1.29, 1.82) is 0 Å². The molecule has 0 amide bonds. The molecule has 0 aliphatic rings. The standard InChI is InChI=1S/C15H21NO/c1-3-5-11-16-13-14-7-9-15(10-8-14)17-12-6-4-2/h1,7-10,16H,4-6,11-13H2,2H3. The quantitative estimate of drug-likeness (QED) is 0.548. The van der Waals surface area contributed by atoms with Gasteiger partial charge < -0.3 is 10.1 Å². The lowest BCUT2D eigenvalue weighted by molar-refractivity contribution is 0.309. The number of terminal acetylenes is 1. The Balaban J connectivity index is 2.27. The normalized spacial score (nSPS) is 9.88. The predicted molar refractivity (Wildman–Crippen MR) is 72.0 cm³/mol. The van der Waals surface area contributed by atoms with Crippen molar-refractivity contribution in [2.24, 2.45) is 0 Å². The fraction of sp³-hybridized carbons (Fsp3) is 0.467. The predicted octanol–water partition coefficient (Wildman–Crippen LogP) is 2.98. The summed E-state index contributed by atoms with van der Waals surface area (Å²) in [5, 5.41) is 3.29. The second-order valence-corrected chi connectivity index (χ2v) is 3.98. The van der Waals surface area contributed by atoms with Gasteiger partial charge in [0.1, 0.15) is 5.75 Å².